The van der Waals surface area contributed by atoms with Crippen molar-refractivity contribution in [3.8, 4) is 17.6 Å². The molecular formula is C18H12N4O2. The number of para-hydroxylation sites is 1. The topological polar surface area (TPSA) is 87.9 Å². The Labute approximate surface area is 138 Å². The van der Waals surface area contributed by atoms with Crippen molar-refractivity contribution < 1.29 is 9.53 Å². The molecule has 1 heterocycles. The largest absolute Gasteiger partial charge is 0.457 e. The van der Waals surface area contributed by atoms with Gasteiger partial charge in [-0.15, -0.1) is 0 Å². The number of ether oxygens (including phenoxy) is 1. The Morgan fingerprint density at radius 2 is 1.75 bits per heavy atom. The van der Waals surface area contributed by atoms with Crippen LogP contribution in [0.1, 0.15) is 16.2 Å². The van der Waals surface area contributed by atoms with Crippen LogP contribution in [0, 0.1) is 11.3 Å². The summed E-state index contributed by atoms with van der Waals surface area (Å²) in [6.07, 6.45) is 1.84. The number of rotatable bonds is 5. The minimum absolute atomic E-state index is 0.0144. The third-order valence-corrected chi connectivity index (χ3v) is 3.13. The zero-order valence-electron chi connectivity index (χ0n) is 12.5. The second kappa shape index (κ2) is 7.03. The van der Waals surface area contributed by atoms with Gasteiger partial charge in [-0.2, -0.15) is 5.26 Å². The van der Waals surface area contributed by atoms with Gasteiger partial charge in [0.2, 0.25) is 0 Å². The van der Waals surface area contributed by atoms with Crippen LogP contribution in [0.15, 0.2) is 60.8 Å². The molecule has 2 aromatic carbocycles. The summed E-state index contributed by atoms with van der Waals surface area (Å²) in [6.45, 7) is 0. The molecule has 116 valence electrons. The van der Waals surface area contributed by atoms with E-state index in [1.807, 2.05) is 36.4 Å². The Morgan fingerprint density at radius 1 is 1.04 bits per heavy atom. The predicted octanol–water partition coefficient (Wildman–Crippen LogP) is 3.70. The SMILES string of the molecule is N#Cc1cnc(C=O)nc1Nc1ccc(Oc2ccccc2)cc1. The van der Waals surface area contributed by atoms with Gasteiger partial charge in [-0.1, -0.05) is 18.2 Å². The van der Waals surface area contributed by atoms with Crippen LogP contribution in [0.3, 0.4) is 0 Å². The molecule has 0 fully saturated rings. The standard InChI is InChI=1S/C18H12N4O2/c19-10-13-11-20-17(12-23)22-18(13)21-14-6-8-16(9-7-14)24-15-4-2-1-3-5-15/h1-9,11-12H,(H,20,21,22). The van der Waals surface area contributed by atoms with E-state index >= 15 is 0 Å². The summed E-state index contributed by atoms with van der Waals surface area (Å²) in [5.41, 5.74) is 0.965. The van der Waals surface area contributed by atoms with Crippen molar-refractivity contribution in [1.82, 2.24) is 9.97 Å². The second-order valence-electron chi connectivity index (χ2n) is 4.78. The molecule has 6 nitrogen and oxygen atoms in total. The minimum atomic E-state index is 0.0144. The Bertz CT molecular complexity index is 887. The molecule has 0 bridgehead atoms. The van der Waals surface area contributed by atoms with Gasteiger partial charge in [0, 0.05) is 5.69 Å². The highest BCUT2D eigenvalue weighted by Crippen LogP contribution is 2.24. The molecule has 0 aliphatic rings. The quantitative estimate of drug-likeness (QED) is 0.722. The van der Waals surface area contributed by atoms with Crippen LogP contribution in [0.25, 0.3) is 0 Å². The molecule has 1 N–H and O–H groups in total. The molecule has 0 saturated heterocycles. The van der Waals surface area contributed by atoms with E-state index in [-0.39, 0.29) is 17.2 Å². The maximum absolute atomic E-state index is 10.8. The number of aromatic nitrogens is 2. The van der Waals surface area contributed by atoms with Crippen LogP contribution in [-0.4, -0.2) is 16.3 Å². The van der Waals surface area contributed by atoms with Gasteiger partial charge in [0.25, 0.3) is 0 Å². The van der Waals surface area contributed by atoms with Crippen molar-refractivity contribution in [2.75, 3.05) is 5.32 Å². The minimum Gasteiger partial charge on any atom is -0.457 e. The smallest absolute Gasteiger partial charge is 0.194 e. The van der Waals surface area contributed by atoms with Gasteiger partial charge in [-0.25, -0.2) is 9.97 Å². The first-order valence-electron chi connectivity index (χ1n) is 7.11. The van der Waals surface area contributed by atoms with E-state index in [0.717, 1.165) is 5.75 Å². The number of carbonyl (C=O) groups excluding carboxylic acids is 1. The number of carbonyl (C=O) groups is 1. The first-order chi connectivity index (χ1) is 11.8. The van der Waals surface area contributed by atoms with Crippen molar-refractivity contribution in [1.29, 1.82) is 5.26 Å². The summed E-state index contributed by atoms with van der Waals surface area (Å²) in [5, 5.41) is 12.1. The van der Waals surface area contributed by atoms with E-state index in [0.29, 0.717) is 17.7 Å². The first-order valence-corrected chi connectivity index (χ1v) is 7.11. The lowest BCUT2D eigenvalue weighted by atomic mass is 10.2. The lowest BCUT2D eigenvalue weighted by molar-refractivity contribution is 0.111. The average molecular weight is 316 g/mol. The van der Waals surface area contributed by atoms with Crippen LogP contribution in [0.2, 0.25) is 0 Å². The fourth-order valence-electron chi connectivity index (χ4n) is 2.00. The highest BCUT2D eigenvalue weighted by Gasteiger charge is 2.07. The summed E-state index contributed by atoms with van der Waals surface area (Å²) in [4.78, 5) is 18.5. The summed E-state index contributed by atoms with van der Waals surface area (Å²) >= 11 is 0. The van der Waals surface area contributed by atoms with Gasteiger partial charge in [-0.05, 0) is 36.4 Å². The molecule has 0 saturated carbocycles. The fourth-order valence-corrected chi connectivity index (χ4v) is 2.00. The van der Waals surface area contributed by atoms with Gasteiger partial charge in [0.1, 0.15) is 23.1 Å². The van der Waals surface area contributed by atoms with E-state index in [2.05, 4.69) is 15.3 Å². The van der Waals surface area contributed by atoms with Gasteiger partial charge in [0.15, 0.2) is 17.9 Å². The zero-order chi connectivity index (χ0) is 16.8. The summed E-state index contributed by atoms with van der Waals surface area (Å²) < 4.78 is 5.71. The van der Waals surface area contributed by atoms with Crippen LogP contribution >= 0.6 is 0 Å². The number of nitriles is 1. The number of benzene rings is 2. The monoisotopic (exact) mass is 316 g/mol. The number of hydrogen-bond acceptors (Lipinski definition) is 6. The molecule has 3 aromatic rings. The molecule has 6 heteroatoms. The summed E-state index contributed by atoms with van der Waals surface area (Å²) in [7, 11) is 0. The van der Waals surface area contributed by atoms with E-state index in [1.54, 1.807) is 24.3 Å². The molecular weight excluding hydrogens is 304 g/mol. The maximum Gasteiger partial charge on any atom is 0.194 e. The van der Waals surface area contributed by atoms with Crippen molar-refractivity contribution in [3.05, 3.63) is 72.2 Å². The highest BCUT2D eigenvalue weighted by molar-refractivity contribution is 5.72. The first kappa shape index (κ1) is 15.2. The molecule has 0 amide bonds. The zero-order valence-corrected chi connectivity index (χ0v) is 12.5. The molecule has 3 rings (SSSR count). The maximum atomic E-state index is 10.8. The number of nitrogens with zero attached hydrogens (tertiary/aromatic N) is 3. The third-order valence-electron chi connectivity index (χ3n) is 3.13. The molecule has 0 unspecified atom stereocenters. The van der Waals surface area contributed by atoms with E-state index in [1.165, 1.54) is 6.20 Å². The van der Waals surface area contributed by atoms with Crippen LogP contribution in [-0.2, 0) is 0 Å². The van der Waals surface area contributed by atoms with Crippen LogP contribution < -0.4 is 10.1 Å². The van der Waals surface area contributed by atoms with Crippen molar-refractivity contribution in [2.24, 2.45) is 0 Å². The van der Waals surface area contributed by atoms with E-state index in [4.69, 9.17) is 10.00 Å². The van der Waals surface area contributed by atoms with E-state index < -0.39 is 0 Å². The van der Waals surface area contributed by atoms with Crippen molar-refractivity contribution >= 4 is 17.8 Å². The third kappa shape index (κ3) is 3.54. The Balaban J connectivity index is 1.77. The van der Waals surface area contributed by atoms with E-state index in [9.17, 15) is 4.79 Å². The second-order valence-corrected chi connectivity index (χ2v) is 4.78. The molecule has 0 aliphatic heterocycles. The molecule has 0 atom stereocenters. The Morgan fingerprint density at radius 3 is 2.42 bits per heavy atom. The molecule has 0 aliphatic carbocycles. The molecule has 24 heavy (non-hydrogen) atoms. The van der Waals surface area contributed by atoms with Crippen molar-refractivity contribution in [2.45, 2.75) is 0 Å². The average Bonchev–Trinajstić information content (AvgIpc) is 2.64. The number of nitrogens with one attached hydrogen (secondary N) is 1. The molecule has 0 radical (unpaired) electrons. The number of aldehydes is 1. The predicted molar refractivity (Wildman–Crippen MR) is 88.4 cm³/mol. The van der Waals surface area contributed by atoms with Crippen LogP contribution in [0.4, 0.5) is 11.5 Å². The summed E-state index contributed by atoms with van der Waals surface area (Å²) in [5.74, 6) is 1.73. The highest BCUT2D eigenvalue weighted by atomic mass is 16.5. The Kier molecular flexibility index (Phi) is 4.45. The lowest BCUT2D eigenvalue weighted by Gasteiger charge is -2.09. The molecule has 0 spiro atoms. The number of hydrogen-bond donors (Lipinski definition) is 1. The lowest BCUT2D eigenvalue weighted by Crippen LogP contribution is -2.02. The van der Waals surface area contributed by atoms with Gasteiger partial charge >= 0.3 is 0 Å². The van der Waals surface area contributed by atoms with Crippen LogP contribution in [0.5, 0.6) is 11.5 Å². The van der Waals surface area contributed by atoms with Gasteiger partial charge in [-0.3, -0.25) is 4.79 Å². The fraction of sp³-hybridized carbons (Fsp3) is 0. The van der Waals surface area contributed by atoms with Gasteiger partial charge in [0.05, 0.1) is 6.20 Å². The molecule has 1 aromatic heterocycles. The normalized spacial score (nSPS) is 9.79. The van der Waals surface area contributed by atoms with Crippen molar-refractivity contribution in [3.63, 3.8) is 0 Å². The van der Waals surface area contributed by atoms with Gasteiger partial charge < -0.3 is 10.1 Å². The Hall–Kier alpha value is -3.72. The summed E-state index contributed by atoms with van der Waals surface area (Å²) in [6, 6.07) is 18.6. The number of anilines is 2.